The van der Waals surface area contributed by atoms with Gasteiger partial charge in [-0.2, -0.15) is 0 Å². The van der Waals surface area contributed by atoms with E-state index in [1.54, 1.807) is 0 Å². The van der Waals surface area contributed by atoms with E-state index in [4.69, 9.17) is 21.6 Å². The number of ether oxygens (including phenoxy) is 1. The Bertz CT molecular complexity index is 269. The minimum atomic E-state index is -0.603. The molecule has 0 rings (SSSR count). The number of guanidine groups is 1. The molecule has 0 bridgehead atoms. The third-order valence-electron chi connectivity index (χ3n) is 2.43. The number of nitrogens with two attached hydrogens (primary N) is 2. The molecular formula is C12H26N4O2. The van der Waals surface area contributed by atoms with Crippen molar-refractivity contribution >= 4 is 11.9 Å². The second-order valence-electron chi connectivity index (χ2n) is 4.97. The smallest absolute Gasteiger partial charge is 0.323 e. The van der Waals surface area contributed by atoms with Crippen molar-refractivity contribution in [2.24, 2.45) is 17.4 Å². The van der Waals surface area contributed by atoms with Crippen LogP contribution in [0.1, 0.15) is 40.0 Å². The summed E-state index contributed by atoms with van der Waals surface area (Å²) in [5.41, 5.74) is 10.9. The van der Waals surface area contributed by atoms with E-state index in [2.05, 4.69) is 19.2 Å². The van der Waals surface area contributed by atoms with Crippen LogP contribution in [0.5, 0.6) is 0 Å². The summed E-state index contributed by atoms with van der Waals surface area (Å²) in [6, 6.07) is -0.603. The predicted octanol–water partition coefficient (Wildman–Crippen LogP) is 0.555. The first-order chi connectivity index (χ1) is 8.32. The summed E-state index contributed by atoms with van der Waals surface area (Å²) < 4.78 is 5.25. The lowest BCUT2D eigenvalue weighted by molar-refractivity contribution is -0.150. The van der Waals surface area contributed by atoms with E-state index in [-0.39, 0.29) is 18.0 Å². The summed E-state index contributed by atoms with van der Waals surface area (Å²) in [5.74, 6) is 0.0615. The molecular weight excluding hydrogens is 232 g/mol. The number of nitrogens with one attached hydrogen (secondary N) is 2. The molecule has 6 heteroatoms. The fraction of sp³-hybridized carbons (Fsp3) is 0.833. The molecule has 2 atom stereocenters. The number of hydrogen-bond acceptors (Lipinski definition) is 4. The van der Waals surface area contributed by atoms with Gasteiger partial charge in [0.2, 0.25) is 0 Å². The molecule has 0 aromatic heterocycles. The number of rotatable bonds is 8. The monoisotopic (exact) mass is 258 g/mol. The highest BCUT2D eigenvalue weighted by Crippen LogP contribution is 2.09. The highest BCUT2D eigenvalue weighted by Gasteiger charge is 2.18. The molecule has 0 saturated heterocycles. The summed E-state index contributed by atoms with van der Waals surface area (Å²) in [6.45, 7) is 6.58. The van der Waals surface area contributed by atoms with Gasteiger partial charge in [-0.1, -0.05) is 13.8 Å². The largest absolute Gasteiger partial charge is 0.462 e. The number of carbonyl (C=O) groups excluding carboxylic acids is 1. The van der Waals surface area contributed by atoms with Gasteiger partial charge in [-0.15, -0.1) is 0 Å². The van der Waals surface area contributed by atoms with Crippen LogP contribution >= 0.6 is 0 Å². The lowest BCUT2D eigenvalue weighted by Crippen LogP contribution is -2.36. The Labute approximate surface area is 109 Å². The molecule has 6 N–H and O–H groups in total. The van der Waals surface area contributed by atoms with Gasteiger partial charge in [0, 0.05) is 6.54 Å². The zero-order valence-electron chi connectivity index (χ0n) is 11.5. The molecule has 0 spiro atoms. The maximum atomic E-state index is 11.6. The molecule has 106 valence electrons. The van der Waals surface area contributed by atoms with Gasteiger partial charge in [0.15, 0.2) is 5.96 Å². The summed E-state index contributed by atoms with van der Waals surface area (Å²) in [5, 5.41) is 9.63. The molecule has 18 heavy (non-hydrogen) atoms. The zero-order chi connectivity index (χ0) is 14.1. The molecule has 2 unspecified atom stereocenters. The topological polar surface area (TPSA) is 114 Å². The van der Waals surface area contributed by atoms with E-state index in [9.17, 15) is 4.79 Å². The summed E-state index contributed by atoms with van der Waals surface area (Å²) in [4.78, 5) is 11.6. The molecule has 0 aromatic rings. The fourth-order valence-corrected chi connectivity index (χ4v) is 1.66. The minimum absolute atomic E-state index is 0.0725. The Kier molecular flexibility index (Phi) is 8.11. The maximum absolute atomic E-state index is 11.6. The van der Waals surface area contributed by atoms with Gasteiger partial charge in [-0.3, -0.25) is 10.2 Å². The van der Waals surface area contributed by atoms with Crippen LogP contribution in [-0.4, -0.2) is 30.6 Å². The van der Waals surface area contributed by atoms with Gasteiger partial charge in [0.05, 0.1) is 6.10 Å². The Morgan fingerprint density at radius 1 is 1.39 bits per heavy atom. The molecule has 0 fully saturated rings. The van der Waals surface area contributed by atoms with Crippen LogP contribution in [-0.2, 0) is 9.53 Å². The molecule has 0 heterocycles. The molecule has 0 aliphatic rings. The van der Waals surface area contributed by atoms with Gasteiger partial charge >= 0.3 is 5.97 Å². The van der Waals surface area contributed by atoms with Crippen molar-refractivity contribution in [1.82, 2.24) is 5.32 Å². The van der Waals surface area contributed by atoms with Crippen LogP contribution in [0.15, 0.2) is 0 Å². The normalized spacial score (nSPS) is 14.1. The van der Waals surface area contributed by atoms with Gasteiger partial charge < -0.3 is 21.5 Å². The van der Waals surface area contributed by atoms with E-state index in [0.717, 1.165) is 6.42 Å². The Balaban J connectivity index is 3.78. The molecule has 0 aliphatic heterocycles. The molecule has 0 saturated carbocycles. The highest BCUT2D eigenvalue weighted by molar-refractivity contribution is 5.75. The van der Waals surface area contributed by atoms with Crippen molar-refractivity contribution in [3.63, 3.8) is 0 Å². The van der Waals surface area contributed by atoms with Crippen molar-refractivity contribution < 1.29 is 9.53 Å². The molecule has 0 aromatic carbocycles. The van der Waals surface area contributed by atoms with Crippen molar-refractivity contribution in [1.29, 1.82) is 5.41 Å². The van der Waals surface area contributed by atoms with Crippen molar-refractivity contribution in [2.45, 2.75) is 52.2 Å². The highest BCUT2D eigenvalue weighted by atomic mass is 16.5. The van der Waals surface area contributed by atoms with Gasteiger partial charge in [0.1, 0.15) is 6.04 Å². The second-order valence-corrected chi connectivity index (χ2v) is 4.97. The van der Waals surface area contributed by atoms with Crippen LogP contribution < -0.4 is 16.8 Å². The van der Waals surface area contributed by atoms with E-state index in [1.807, 2.05) is 6.92 Å². The van der Waals surface area contributed by atoms with Crippen molar-refractivity contribution in [3.8, 4) is 0 Å². The number of carbonyl (C=O) groups is 1. The third kappa shape index (κ3) is 8.81. The second kappa shape index (κ2) is 8.74. The van der Waals surface area contributed by atoms with Crippen LogP contribution in [0.3, 0.4) is 0 Å². The lowest BCUT2D eigenvalue weighted by Gasteiger charge is -2.18. The average molecular weight is 258 g/mol. The summed E-state index contributed by atoms with van der Waals surface area (Å²) in [7, 11) is 0. The van der Waals surface area contributed by atoms with Gasteiger partial charge in [-0.05, 0) is 32.1 Å². The quantitative estimate of drug-likeness (QED) is 0.220. The predicted molar refractivity (Wildman–Crippen MR) is 72.1 cm³/mol. The van der Waals surface area contributed by atoms with E-state index in [0.29, 0.717) is 25.3 Å². The summed E-state index contributed by atoms with van der Waals surface area (Å²) >= 11 is 0. The minimum Gasteiger partial charge on any atom is -0.462 e. The first-order valence-corrected chi connectivity index (χ1v) is 6.36. The van der Waals surface area contributed by atoms with Crippen LogP contribution in [0.4, 0.5) is 0 Å². The standard InChI is InChI=1S/C12H26N4O2/c1-8(2)7-9(3)18-11(17)10(13)5-4-6-16-12(14)15/h8-10H,4-7,13H2,1-3H3,(H4,14,15,16). The van der Waals surface area contributed by atoms with Crippen LogP contribution in [0, 0.1) is 11.3 Å². The van der Waals surface area contributed by atoms with Crippen molar-refractivity contribution in [2.75, 3.05) is 6.54 Å². The number of esters is 1. The van der Waals surface area contributed by atoms with E-state index >= 15 is 0 Å². The average Bonchev–Trinajstić information content (AvgIpc) is 2.22. The molecule has 0 aliphatic carbocycles. The Hall–Kier alpha value is -1.30. The van der Waals surface area contributed by atoms with E-state index in [1.165, 1.54) is 0 Å². The fourth-order valence-electron chi connectivity index (χ4n) is 1.66. The molecule has 0 amide bonds. The zero-order valence-corrected chi connectivity index (χ0v) is 11.5. The Morgan fingerprint density at radius 2 is 2.00 bits per heavy atom. The Morgan fingerprint density at radius 3 is 2.50 bits per heavy atom. The van der Waals surface area contributed by atoms with Crippen LogP contribution in [0.25, 0.3) is 0 Å². The van der Waals surface area contributed by atoms with E-state index < -0.39 is 6.04 Å². The number of hydrogen-bond donors (Lipinski definition) is 4. The molecule has 6 nitrogen and oxygen atoms in total. The lowest BCUT2D eigenvalue weighted by atomic mass is 10.1. The first-order valence-electron chi connectivity index (χ1n) is 6.36. The SMILES string of the molecule is CC(C)CC(C)OC(=O)C(N)CCCNC(=N)N. The third-order valence-corrected chi connectivity index (χ3v) is 2.43. The van der Waals surface area contributed by atoms with Gasteiger partial charge in [-0.25, -0.2) is 0 Å². The van der Waals surface area contributed by atoms with Crippen LogP contribution in [0.2, 0.25) is 0 Å². The molecule has 0 radical (unpaired) electrons. The van der Waals surface area contributed by atoms with Crippen molar-refractivity contribution in [3.05, 3.63) is 0 Å². The van der Waals surface area contributed by atoms with Gasteiger partial charge in [0.25, 0.3) is 0 Å². The maximum Gasteiger partial charge on any atom is 0.323 e. The first kappa shape index (κ1) is 16.7. The summed E-state index contributed by atoms with van der Waals surface area (Å²) in [6.07, 6.45) is 1.94.